The Labute approximate surface area is 275 Å². The van der Waals surface area contributed by atoms with Crippen LogP contribution in [0.4, 0.5) is 11.4 Å². The molecule has 0 aliphatic rings. The van der Waals surface area contributed by atoms with E-state index in [0.717, 1.165) is 33.0 Å². The zero-order valence-corrected chi connectivity index (χ0v) is 28.6. The highest BCUT2D eigenvalue weighted by molar-refractivity contribution is 8.76. The van der Waals surface area contributed by atoms with Gasteiger partial charge in [-0.1, -0.05) is 70.1 Å². The molecule has 4 N–H and O–H groups in total. The van der Waals surface area contributed by atoms with Crippen LogP contribution < -0.4 is 19.2 Å². The molecule has 0 bridgehead atoms. The lowest BCUT2D eigenvalue weighted by atomic mass is 10.1. The summed E-state index contributed by atoms with van der Waals surface area (Å²) in [4.78, 5) is 27.6. The third kappa shape index (κ3) is 7.87. The number of carboxylic acids is 2. The second-order valence-electron chi connectivity index (χ2n) is 10.6. The normalized spacial score (nSPS) is 13.4. The number of hydrogen-bond acceptors (Lipinski definition) is 10. The van der Waals surface area contributed by atoms with Crippen LogP contribution in [0.3, 0.4) is 0 Å². The molecule has 1 unspecified atom stereocenters. The molecular weight excluding hydrogens is 673 g/mol. The molecule has 0 heterocycles. The van der Waals surface area contributed by atoms with Gasteiger partial charge in [0.25, 0.3) is 0 Å². The van der Waals surface area contributed by atoms with Crippen LogP contribution in [0.5, 0.6) is 0 Å². The van der Waals surface area contributed by atoms with Gasteiger partial charge in [-0.2, -0.15) is 9.44 Å². The number of benzene rings is 4. The number of carboxylic acid groups (broad SMARTS) is 2. The molecule has 2 atom stereocenters. The number of nitrogens with one attached hydrogen (secondary N) is 2. The van der Waals surface area contributed by atoms with Gasteiger partial charge in [0.05, 0.1) is 9.79 Å². The number of carbonyl (C=O) groups is 2. The molecule has 0 spiro atoms. The molecule has 4 rings (SSSR count). The van der Waals surface area contributed by atoms with E-state index in [2.05, 4.69) is 9.44 Å². The summed E-state index contributed by atoms with van der Waals surface area (Å²) >= 11 is 0. The first kappa shape index (κ1) is 35.3. The van der Waals surface area contributed by atoms with Gasteiger partial charge in [-0.3, -0.25) is 9.59 Å². The van der Waals surface area contributed by atoms with Crippen molar-refractivity contribution in [2.24, 2.45) is 0 Å². The van der Waals surface area contributed by atoms with Crippen LogP contribution in [-0.2, 0) is 29.6 Å². The van der Waals surface area contributed by atoms with E-state index >= 15 is 0 Å². The minimum atomic E-state index is -4.28. The Morgan fingerprint density at radius 1 is 0.609 bits per heavy atom. The molecule has 0 aromatic heterocycles. The Bertz CT molecular complexity index is 1840. The maximum Gasteiger partial charge on any atom is 0.322 e. The molecular formula is C30H34N4O8S4. The molecule has 4 aromatic carbocycles. The van der Waals surface area contributed by atoms with Crippen LogP contribution in [0, 0.1) is 0 Å². The van der Waals surface area contributed by atoms with Gasteiger partial charge in [0.1, 0.15) is 12.1 Å². The lowest BCUT2D eigenvalue weighted by Crippen LogP contribution is -2.43. The molecule has 0 amide bonds. The molecule has 12 nitrogen and oxygen atoms in total. The molecule has 16 heteroatoms. The first-order valence-electron chi connectivity index (χ1n) is 13.8. The van der Waals surface area contributed by atoms with Crippen molar-refractivity contribution in [2.75, 3.05) is 49.5 Å². The summed E-state index contributed by atoms with van der Waals surface area (Å²) in [5, 5.41) is 21.8. The number of anilines is 2. The van der Waals surface area contributed by atoms with Crippen LogP contribution in [0.2, 0.25) is 0 Å². The predicted octanol–water partition coefficient (Wildman–Crippen LogP) is 3.67. The first-order valence-corrected chi connectivity index (χ1v) is 19.2. The summed E-state index contributed by atoms with van der Waals surface area (Å²) in [7, 11) is 0.563. The fourth-order valence-electron chi connectivity index (χ4n) is 4.82. The first-order chi connectivity index (χ1) is 21.6. The van der Waals surface area contributed by atoms with E-state index in [1.165, 1.54) is 12.1 Å². The molecule has 0 saturated heterocycles. The van der Waals surface area contributed by atoms with E-state index in [-0.39, 0.29) is 21.3 Å². The smallest absolute Gasteiger partial charge is 0.322 e. The van der Waals surface area contributed by atoms with Crippen LogP contribution in [-0.4, -0.2) is 90.8 Å². The molecule has 46 heavy (non-hydrogen) atoms. The zero-order chi connectivity index (χ0) is 33.8. The average molecular weight is 707 g/mol. The Hall–Kier alpha value is -3.54. The minimum Gasteiger partial charge on any atom is -0.480 e. The van der Waals surface area contributed by atoms with Crippen molar-refractivity contribution >= 4 is 86.5 Å². The highest BCUT2D eigenvalue weighted by Gasteiger charge is 2.29. The Morgan fingerprint density at radius 3 is 1.26 bits per heavy atom. The summed E-state index contributed by atoms with van der Waals surface area (Å²) in [5.74, 6) is -3.37. The van der Waals surface area contributed by atoms with Crippen LogP contribution >= 0.6 is 21.6 Å². The van der Waals surface area contributed by atoms with Gasteiger partial charge >= 0.3 is 11.9 Å². The highest BCUT2D eigenvalue weighted by atomic mass is 33.1. The van der Waals surface area contributed by atoms with Crippen molar-refractivity contribution < 1.29 is 36.6 Å². The van der Waals surface area contributed by atoms with Crippen molar-refractivity contribution in [3.05, 3.63) is 72.8 Å². The van der Waals surface area contributed by atoms with Crippen LogP contribution in [0.15, 0.2) is 82.6 Å². The molecule has 0 aliphatic carbocycles. The number of nitrogens with zero attached hydrogens (tertiary/aromatic N) is 2. The van der Waals surface area contributed by atoms with Gasteiger partial charge in [-0.15, -0.1) is 0 Å². The van der Waals surface area contributed by atoms with E-state index in [0.29, 0.717) is 21.5 Å². The standard InChI is InChI=1S/C30H34N4O8S4/c1-33(2)25-13-5-11-21-19(25)9-7-15-27(21)45(39,40)31-23(29(35)36)17-43-44-18-24(30(37)38)32-46(41,42)28-16-8-10-20-22(28)12-6-14-26(20)34(3)4/h5-16,23-24,31-32H,17-18H2,1-4H3,(H,35,36)(H,37,38)/t23-,24?/m0/s1. The highest BCUT2D eigenvalue weighted by Crippen LogP contribution is 2.32. The maximum atomic E-state index is 13.4. The number of fused-ring (bicyclic) bond motifs is 2. The van der Waals surface area contributed by atoms with E-state index in [4.69, 9.17) is 0 Å². The van der Waals surface area contributed by atoms with Crippen LogP contribution in [0.25, 0.3) is 21.5 Å². The Balaban J connectivity index is 1.45. The third-order valence-electron chi connectivity index (χ3n) is 7.00. The largest absolute Gasteiger partial charge is 0.480 e. The van der Waals surface area contributed by atoms with Gasteiger partial charge < -0.3 is 20.0 Å². The van der Waals surface area contributed by atoms with Crippen molar-refractivity contribution in [3.63, 3.8) is 0 Å². The van der Waals surface area contributed by atoms with E-state index in [9.17, 15) is 36.6 Å². The Kier molecular flexibility index (Phi) is 11.1. The van der Waals surface area contributed by atoms with Gasteiger partial charge in [-0.25, -0.2) is 16.8 Å². The topological polar surface area (TPSA) is 173 Å². The van der Waals surface area contributed by atoms with E-state index < -0.39 is 44.1 Å². The summed E-state index contributed by atoms with van der Waals surface area (Å²) in [6.45, 7) is 0. The summed E-state index contributed by atoms with van der Waals surface area (Å²) in [6, 6.07) is 16.8. The second kappa shape index (κ2) is 14.5. The van der Waals surface area contributed by atoms with Gasteiger partial charge in [-0.05, 0) is 24.3 Å². The Morgan fingerprint density at radius 2 is 0.935 bits per heavy atom. The predicted molar refractivity (Wildman–Crippen MR) is 185 cm³/mol. The van der Waals surface area contributed by atoms with Crippen LogP contribution in [0.1, 0.15) is 0 Å². The molecule has 4 aromatic rings. The maximum absolute atomic E-state index is 13.4. The summed E-state index contributed by atoms with van der Waals surface area (Å²) in [6.07, 6.45) is 0. The molecule has 246 valence electrons. The second-order valence-corrected chi connectivity index (χ2v) is 16.6. The number of aliphatic carboxylic acids is 2. The SMILES string of the molecule is CN(C)c1cccc2c(S(=O)(=O)NC(CSSC[C@H](NS(=O)(=O)c3cccc4c(N(C)C)cccc34)C(=O)O)C(=O)O)cccc12. The van der Waals surface area contributed by atoms with Gasteiger partial charge in [0, 0.05) is 72.6 Å². The number of sulfonamides is 2. The third-order valence-corrected chi connectivity index (χ3v) is 12.5. The fraction of sp³-hybridized carbons (Fsp3) is 0.267. The number of rotatable bonds is 15. The van der Waals surface area contributed by atoms with E-state index in [1.54, 1.807) is 48.5 Å². The summed E-state index contributed by atoms with van der Waals surface area (Å²) in [5.41, 5.74) is 1.58. The lowest BCUT2D eigenvalue weighted by Gasteiger charge is -2.19. The lowest BCUT2D eigenvalue weighted by molar-refractivity contribution is -0.139. The fourth-order valence-corrected chi connectivity index (χ4v) is 10.2. The zero-order valence-electron chi connectivity index (χ0n) is 25.4. The molecule has 0 fully saturated rings. The van der Waals surface area contributed by atoms with Crippen molar-refractivity contribution in [2.45, 2.75) is 21.9 Å². The van der Waals surface area contributed by atoms with Crippen molar-refractivity contribution in [3.8, 4) is 0 Å². The number of hydrogen-bond donors (Lipinski definition) is 4. The molecule has 0 radical (unpaired) electrons. The molecule has 0 saturated carbocycles. The van der Waals surface area contributed by atoms with Gasteiger partial charge in [0.2, 0.25) is 20.0 Å². The molecule has 0 aliphatic heterocycles. The van der Waals surface area contributed by atoms with Crippen molar-refractivity contribution in [1.29, 1.82) is 0 Å². The quantitative estimate of drug-likeness (QED) is 0.105. The monoisotopic (exact) mass is 706 g/mol. The van der Waals surface area contributed by atoms with Gasteiger partial charge in [0.15, 0.2) is 0 Å². The minimum absolute atomic E-state index is 0.0795. The van der Waals surface area contributed by atoms with E-state index in [1.807, 2.05) is 50.1 Å². The summed E-state index contributed by atoms with van der Waals surface area (Å²) < 4.78 is 57.9. The van der Waals surface area contributed by atoms with Crippen molar-refractivity contribution in [1.82, 2.24) is 9.44 Å². The average Bonchev–Trinajstić information content (AvgIpc) is 3.00.